The largest absolute Gasteiger partial charge is 0.400 e. The molecule has 0 radical (unpaired) electrons. The molecule has 6 heteroatoms. The fourth-order valence-electron chi connectivity index (χ4n) is 3.14. The van der Waals surface area contributed by atoms with Crippen LogP contribution in [0.25, 0.3) is 0 Å². The number of nitrogens with two attached hydrogens (primary N) is 1. The molecule has 2 aliphatic rings. The van der Waals surface area contributed by atoms with Crippen molar-refractivity contribution in [2.24, 2.45) is 11.7 Å². The standard InChI is InChI=1S/C21H22N4O2/c1-21(11-9-15(13-18(21)22)20(27)23-16-7-8-16)25-12-10-17(24-25)19(26)14-5-3-2-4-6-14/h2-6,9-13,15-16H,7-8,22H2,1H3,(H,23,27). The fraction of sp³-hybridized carbons (Fsp3) is 0.286. The molecule has 138 valence electrons. The first-order chi connectivity index (χ1) is 13.0. The van der Waals surface area contributed by atoms with Gasteiger partial charge in [-0.1, -0.05) is 42.5 Å². The van der Waals surface area contributed by atoms with Crippen molar-refractivity contribution in [3.8, 4) is 0 Å². The predicted octanol–water partition coefficient (Wildman–Crippen LogP) is 2.14. The second kappa shape index (κ2) is 6.54. The molecule has 4 rings (SSSR count). The van der Waals surface area contributed by atoms with Gasteiger partial charge >= 0.3 is 0 Å². The lowest BCUT2D eigenvalue weighted by molar-refractivity contribution is -0.122. The van der Waals surface area contributed by atoms with Crippen molar-refractivity contribution in [3.63, 3.8) is 0 Å². The van der Waals surface area contributed by atoms with Crippen molar-refractivity contribution in [1.82, 2.24) is 15.1 Å². The molecule has 1 fully saturated rings. The highest BCUT2D eigenvalue weighted by molar-refractivity contribution is 6.07. The van der Waals surface area contributed by atoms with Crippen molar-refractivity contribution in [2.45, 2.75) is 31.3 Å². The maximum absolute atomic E-state index is 12.6. The van der Waals surface area contributed by atoms with Gasteiger partial charge in [-0.05, 0) is 31.9 Å². The maximum Gasteiger partial charge on any atom is 0.231 e. The number of nitrogens with zero attached hydrogens (tertiary/aromatic N) is 2. The molecule has 1 aromatic carbocycles. The van der Waals surface area contributed by atoms with E-state index in [-0.39, 0.29) is 17.6 Å². The van der Waals surface area contributed by atoms with E-state index in [9.17, 15) is 9.59 Å². The summed E-state index contributed by atoms with van der Waals surface area (Å²) in [4.78, 5) is 24.8. The number of nitrogens with one attached hydrogen (secondary N) is 1. The van der Waals surface area contributed by atoms with Crippen LogP contribution in [0.4, 0.5) is 0 Å². The van der Waals surface area contributed by atoms with Gasteiger partial charge in [0.05, 0.1) is 5.92 Å². The molecule has 1 saturated carbocycles. The summed E-state index contributed by atoms with van der Waals surface area (Å²) < 4.78 is 1.67. The minimum atomic E-state index is -0.717. The third-order valence-electron chi connectivity index (χ3n) is 5.13. The van der Waals surface area contributed by atoms with Gasteiger partial charge in [0.25, 0.3) is 0 Å². The molecule has 0 aliphatic heterocycles. The zero-order chi connectivity index (χ0) is 19.0. The van der Waals surface area contributed by atoms with Crippen LogP contribution >= 0.6 is 0 Å². The van der Waals surface area contributed by atoms with E-state index in [1.165, 1.54) is 0 Å². The summed E-state index contributed by atoms with van der Waals surface area (Å²) >= 11 is 0. The van der Waals surface area contributed by atoms with Crippen molar-refractivity contribution >= 4 is 11.7 Å². The SMILES string of the molecule is CC1(n2ccc(C(=O)c3ccccc3)n2)C=CC(C(=O)NC2CC2)C=C1N. The minimum Gasteiger partial charge on any atom is -0.400 e. The highest BCUT2D eigenvalue weighted by atomic mass is 16.2. The Balaban J connectivity index is 1.55. The van der Waals surface area contributed by atoms with E-state index in [1.54, 1.807) is 35.2 Å². The monoisotopic (exact) mass is 362 g/mol. The van der Waals surface area contributed by atoms with E-state index in [4.69, 9.17) is 5.73 Å². The fourth-order valence-corrected chi connectivity index (χ4v) is 3.14. The van der Waals surface area contributed by atoms with Gasteiger partial charge in [-0.3, -0.25) is 14.3 Å². The molecule has 0 spiro atoms. The average molecular weight is 362 g/mol. The molecule has 1 aromatic heterocycles. The van der Waals surface area contributed by atoms with Gasteiger partial charge < -0.3 is 11.1 Å². The van der Waals surface area contributed by atoms with Gasteiger partial charge in [0.2, 0.25) is 11.7 Å². The molecule has 2 aliphatic carbocycles. The summed E-state index contributed by atoms with van der Waals surface area (Å²) in [5.74, 6) is -0.541. The van der Waals surface area contributed by atoms with Crippen molar-refractivity contribution in [3.05, 3.63) is 77.8 Å². The zero-order valence-corrected chi connectivity index (χ0v) is 15.1. The molecule has 27 heavy (non-hydrogen) atoms. The Bertz CT molecular complexity index is 940. The molecule has 6 nitrogen and oxygen atoms in total. The second-order valence-electron chi connectivity index (χ2n) is 7.28. The van der Waals surface area contributed by atoms with Crippen LogP contribution in [0.3, 0.4) is 0 Å². The van der Waals surface area contributed by atoms with E-state index < -0.39 is 5.54 Å². The number of carbonyl (C=O) groups is 2. The lowest BCUT2D eigenvalue weighted by Gasteiger charge is -2.31. The van der Waals surface area contributed by atoms with Gasteiger partial charge in [-0.15, -0.1) is 0 Å². The smallest absolute Gasteiger partial charge is 0.231 e. The van der Waals surface area contributed by atoms with Gasteiger partial charge in [0.15, 0.2) is 0 Å². The van der Waals surface area contributed by atoms with E-state index in [2.05, 4.69) is 10.4 Å². The van der Waals surface area contributed by atoms with Crippen LogP contribution in [0.2, 0.25) is 0 Å². The van der Waals surface area contributed by atoms with Crippen LogP contribution in [0, 0.1) is 5.92 Å². The van der Waals surface area contributed by atoms with Crippen molar-refractivity contribution in [1.29, 1.82) is 0 Å². The molecule has 2 atom stereocenters. The first kappa shape index (κ1) is 17.3. The number of benzene rings is 1. The first-order valence-electron chi connectivity index (χ1n) is 9.11. The van der Waals surface area contributed by atoms with E-state index in [0.29, 0.717) is 23.0 Å². The highest BCUT2D eigenvalue weighted by Crippen LogP contribution is 2.30. The third kappa shape index (κ3) is 3.30. The summed E-state index contributed by atoms with van der Waals surface area (Å²) in [6, 6.07) is 11.0. The normalized spacial score (nSPS) is 24.3. The van der Waals surface area contributed by atoms with Crippen LogP contribution in [-0.2, 0) is 10.3 Å². The Hall–Kier alpha value is -3.15. The summed E-state index contributed by atoms with van der Waals surface area (Å²) in [5, 5.41) is 7.45. The number of aromatic nitrogens is 2. The maximum atomic E-state index is 12.6. The molecule has 1 heterocycles. The second-order valence-corrected chi connectivity index (χ2v) is 7.28. The average Bonchev–Trinajstić information content (AvgIpc) is 3.35. The quantitative estimate of drug-likeness (QED) is 0.630. The van der Waals surface area contributed by atoms with Crippen LogP contribution in [0.5, 0.6) is 0 Å². The molecule has 0 bridgehead atoms. The van der Waals surface area contributed by atoms with Crippen LogP contribution < -0.4 is 11.1 Å². The number of allylic oxidation sites excluding steroid dienone is 1. The molecule has 1 amide bonds. The molecule has 2 unspecified atom stereocenters. The topological polar surface area (TPSA) is 90.0 Å². The summed E-state index contributed by atoms with van der Waals surface area (Å²) in [6.45, 7) is 1.91. The number of carbonyl (C=O) groups excluding carboxylic acids is 2. The number of ketones is 1. The Morgan fingerprint density at radius 3 is 2.63 bits per heavy atom. The summed E-state index contributed by atoms with van der Waals surface area (Å²) in [5.41, 5.74) is 7.06. The van der Waals surface area contributed by atoms with Gasteiger partial charge in [-0.2, -0.15) is 5.10 Å². The number of hydrogen-bond donors (Lipinski definition) is 2. The summed E-state index contributed by atoms with van der Waals surface area (Å²) in [7, 11) is 0. The highest BCUT2D eigenvalue weighted by Gasteiger charge is 2.34. The van der Waals surface area contributed by atoms with Gasteiger partial charge in [0, 0.05) is 23.5 Å². The third-order valence-corrected chi connectivity index (χ3v) is 5.13. The Morgan fingerprint density at radius 2 is 1.96 bits per heavy atom. The minimum absolute atomic E-state index is 0.0286. The number of hydrogen-bond acceptors (Lipinski definition) is 4. The molecule has 0 saturated heterocycles. The van der Waals surface area contributed by atoms with Gasteiger partial charge in [-0.25, -0.2) is 0 Å². The Labute approximate surface area is 157 Å². The van der Waals surface area contributed by atoms with E-state index in [1.807, 2.05) is 37.3 Å². The van der Waals surface area contributed by atoms with Crippen molar-refractivity contribution < 1.29 is 9.59 Å². The molecular formula is C21H22N4O2. The van der Waals surface area contributed by atoms with Crippen LogP contribution in [-0.4, -0.2) is 27.5 Å². The molecule has 2 aromatic rings. The first-order valence-corrected chi connectivity index (χ1v) is 9.11. The molecule has 3 N–H and O–H groups in total. The van der Waals surface area contributed by atoms with E-state index >= 15 is 0 Å². The Kier molecular flexibility index (Phi) is 4.18. The van der Waals surface area contributed by atoms with Crippen LogP contribution in [0.1, 0.15) is 35.8 Å². The Morgan fingerprint density at radius 1 is 1.22 bits per heavy atom. The zero-order valence-electron chi connectivity index (χ0n) is 15.1. The number of amides is 1. The van der Waals surface area contributed by atoms with Gasteiger partial charge in [0.1, 0.15) is 11.2 Å². The lowest BCUT2D eigenvalue weighted by Crippen LogP contribution is -2.40. The lowest BCUT2D eigenvalue weighted by atomic mass is 9.87. The molecular weight excluding hydrogens is 340 g/mol. The van der Waals surface area contributed by atoms with Crippen molar-refractivity contribution in [2.75, 3.05) is 0 Å². The number of rotatable bonds is 5. The van der Waals surface area contributed by atoms with E-state index in [0.717, 1.165) is 12.8 Å². The summed E-state index contributed by atoms with van der Waals surface area (Å²) in [6.07, 6.45) is 9.32. The predicted molar refractivity (Wildman–Crippen MR) is 102 cm³/mol. The van der Waals surface area contributed by atoms with Crippen LogP contribution in [0.15, 0.2) is 66.5 Å².